The number of halogens is 1. The van der Waals surface area contributed by atoms with Gasteiger partial charge in [0.1, 0.15) is 0 Å². The van der Waals surface area contributed by atoms with Crippen molar-refractivity contribution in [3.63, 3.8) is 0 Å². The fourth-order valence-corrected chi connectivity index (χ4v) is 8.43. The van der Waals surface area contributed by atoms with Gasteiger partial charge in [0.05, 0.1) is 0 Å². The molecule has 0 aromatic carbocycles. The van der Waals surface area contributed by atoms with E-state index in [0.717, 1.165) is 25.3 Å². The van der Waals surface area contributed by atoms with Gasteiger partial charge in [-0.2, -0.15) is 5.10 Å². The first-order valence-electron chi connectivity index (χ1n) is 10.9. The van der Waals surface area contributed by atoms with E-state index in [9.17, 15) is 4.79 Å². The second-order valence-corrected chi connectivity index (χ2v) is 11.8. The first-order chi connectivity index (χ1) is 13.8. The Morgan fingerprint density at radius 2 is 2.10 bits per heavy atom. The molecule has 0 radical (unpaired) electrons. The van der Waals surface area contributed by atoms with Crippen LogP contribution in [0.5, 0.6) is 0 Å². The Morgan fingerprint density at radius 3 is 2.83 bits per heavy atom. The molecule has 0 spiro atoms. The Kier molecular flexibility index (Phi) is 6.12. The monoisotopic (exact) mass is 528 g/mol. The first-order valence-corrected chi connectivity index (χ1v) is 14.2. The molecule has 4 aliphatic rings. The van der Waals surface area contributed by atoms with Crippen LogP contribution in [0, 0.1) is 34.5 Å². The molecule has 0 aromatic heterocycles. The summed E-state index contributed by atoms with van der Waals surface area (Å²) in [6, 6.07) is 0. The predicted octanol–water partition coefficient (Wildman–Crippen LogP) is 4.79. The van der Waals surface area contributed by atoms with Gasteiger partial charge in [-0.3, -0.25) is 9.80 Å². The van der Waals surface area contributed by atoms with Crippen molar-refractivity contribution < 1.29 is 4.79 Å². The van der Waals surface area contributed by atoms with E-state index in [1.807, 2.05) is 6.08 Å². The molecule has 4 rings (SSSR count). The number of ketones is 1. The number of carbonyl (C=O) groups is 1. The molecule has 160 valence electrons. The van der Waals surface area contributed by atoms with Gasteiger partial charge in [-0.05, 0) is 93.6 Å². The summed E-state index contributed by atoms with van der Waals surface area (Å²) in [5, 5.41) is 6.18. The summed E-state index contributed by atoms with van der Waals surface area (Å²) in [5.41, 5.74) is 1.85. The Balaban J connectivity index is 1.51. The standard InChI is InChI=1S/C22H33IN4OS/c1-21-11-8-19-17(5-3-15-13-16(28)7-10-22(15,19)2)18(21)6-4-14(21)9-12-27(25)20(26-24)29-23/h3,5,13-14,17-19H,4,6-12,24-25H2,1-2H3/b26-20+/t14?,17?,18?,19?,21?,22-/m0/s1. The third kappa shape index (κ3) is 3.59. The van der Waals surface area contributed by atoms with E-state index >= 15 is 0 Å². The topological polar surface area (TPSA) is 84.7 Å². The Morgan fingerprint density at radius 1 is 1.31 bits per heavy atom. The third-order valence-electron chi connectivity index (χ3n) is 8.86. The molecule has 0 bridgehead atoms. The van der Waals surface area contributed by atoms with Crippen molar-refractivity contribution in [2.45, 2.75) is 58.8 Å². The third-order valence-corrected chi connectivity index (χ3v) is 10.5. The van der Waals surface area contributed by atoms with Crippen molar-refractivity contribution in [1.82, 2.24) is 5.01 Å². The number of rotatable bonds is 3. The van der Waals surface area contributed by atoms with Crippen LogP contribution in [0.2, 0.25) is 0 Å². The molecule has 5 unspecified atom stereocenters. The zero-order valence-corrected chi connectivity index (χ0v) is 20.4. The van der Waals surface area contributed by atoms with Gasteiger partial charge >= 0.3 is 0 Å². The lowest BCUT2D eigenvalue weighted by molar-refractivity contribution is -0.116. The second kappa shape index (κ2) is 8.19. The summed E-state index contributed by atoms with van der Waals surface area (Å²) in [6.07, 6.45) is 14.7. The van der Waals surface area contributed by atoms with Crippen molar-refractivity contribution in [3.05, 3.63) is 23.8 Å². The molecule has 0 amide bonds. The Bertz CT molecular complexity index is 768. The number of nitrogens with two attached hydrogens (primary N) is 2. The highest BCUT2D eigenvalue weighted by Gasteiger charge is 2.57. The normalized spacial score (nSPS) is 41.4. The quantitative estimate of drug-likeness (QED) is 0.181. The lowest BCUT2D eigenvalue weighted by Gasteiger charge is -2.56. The summed E-state index contributed by atoms with van der Waals surface area (Å²) in [7, 11) is 1.46. The van der Waals surface area contributed by atoms with Gasteiger partial charge in [0.25, 0.3) is 0 Å². The van der Waals surface area contributed by atoms with Crippen LogP contribution in [0.4, 0.5) is 0 Å². The molecule has 4 N–H and O–H groups in total. The molecule has 0 heterocycles. The maximum Gasteiger partial charge on any atom is 0.206 e. The van der Waals surface area contributed by atoms with Crippen LogP contribution in [0.1, 0.15) is 58.8 Å². The number of fused-ring (bicyclic) bond motifs is 5. The van der Waals surface area contributed by atoms with Gasteiger partial charge in [0.2, 0.25) is 5.17 Å². The van der Waals surface area contributed by atoms with Gasteiger partial charge in [-0.15, -0.1) is 0 Å². The number of nitrogens with zero attached hydrogens (tertiary/aromatic N) is 2. The van der Waals surface area contributed by atoms with Crippen LogP contribution in [0.3, 0.4) is 0 Å². The van der Waals surface area contributed by atoms with E-state index in [0.29, 0.717) is 40.5 Å². The SMILES string of the molecule is CC12CCC3C(C=CC4=CC(=O)CC[C@@]43C)C1CCC2CCN(N)/C(=N\N)SI. The molecule has 0 aromatic rings. The van der Waals surface area contributed by atoms with Crippen LogP contribution in [0.15, 0.2) is 28.9 Å². The van der Waals surface area contributed by atoms with Gasteiger partial charge in [-0.1, -0.05) is 26.0 Å². The van der Waals surface area contributed by atoms with E-state index in [1.54, 1.807) is 5.01 Å². The Hall–Kier alpha value is -0.540. The number of amidine groups is 1. The van der Waals surface area contributed by atoms with Gasteiger partial charge in [-0.25, -0.2) is 5.84 Å². The largest absolute Gasteiger partial charge is 0.321 e. The summed E-state index contributed by atoms with van der Waals surface area (Å²) < 4.78 is 0. The predicted molar refractivity (Wildman–Crippen MR) is 129 cm³/mol. The molecule has 5 nitrogen and oxygen atoms in total. The minimum absolute atomic E-state index is 0.185. The number of carbonyl (C=O) groups excluding carboxylic acids is 1. The minimum Gasteiger partial charge on any atom is -0.321 e. The molecule has 29 heavy (non-hydrogen) atoms. The number of hydrogen-bond donors (Lipinski definition) is 2. The zero-order chi connectivity index (χ0) is 20.8. The van der Waals surface area contributed by atoms with Crippen molar-refractivity contribution in [3.8, 4) is 0 Å². The van der Waals surface area contributed by atoms with E-state index in [2.05, 4.69) is 52.3 Å². The summed E-state index contributed by atoms with van der Waals surface area (Å²) in [4.78, 5) is 12.0. The number of hydrogen-bond acceptors (Lipinski definition) is 5. The fraction of sp³-hybridized carbons (Fsp3) is 0.727. The zero-order valence-electron chi connectivity index (χ0n) is 17.4. The van der Waals surface area contributed by atoms with Gasteiger partial charge < -0.3 is 5.84 Å². The van der Waals surface area contributed by atoms with Crippen molar-refractivity contribution in [1.29, 1.82) is 0 Å². The van der Waals surface area contributed by atoms with Crippen molar-refractivity contribution in [2.24, 2.45) is 51.3 Å². The van der Waals surface area contributed by atoms with E-state index in [-0.39, 0.29) is 5.41 Å². The smallest absolute Gasteiger partial charge is 0.206 e. The molecule has 7 heteroatoms. The van der Waals surface area contributed by atoms with Crippen molar-refractivity contribution in [2.75, 3.05) is 6.54 Å². The lowest BCUT2D eigenvalue weighted by Crippen LogP contribution is -2.49. The van der Waals surface area contributed by atoms with Crippen LogP contribution in [0.25, 0.3) is 0 Å². The average Bonchev–Trinajstić information content (AvgIpc) is 3.04. The van der Waals surface area contributed by atoms with Crippen LogP contribution in [-0.2, 0) is 4.79 Å². The highest BCUT2D eigenvalue weighted by molar-refractivity contribution is 14.2. The summed E-state index contributed by atoms with van der Waals surface area (Å²) in [5.74, 6) is 14.7. The number of hydrazone groups is 1. The summed E-state index contributed by atoms with van der Waals surface area (Å²) in [6.45, 7) is 5.75. The summed E-state index contributed by atoms with van der Waals surface area (Å²) >= 11 is 2.17. The van der Waals surface area contributed by atoms with Crippen LogP contribution >= 0.6 is 30.1 Å². The minimum atomic E-state index is 0.185. The molecule has 2 fully saturated rings. The molecular formula is C22H33IN4OS. The first kappa shape index (κ1) is 21.7. The number of hydrazine groups is 1. The van der Waals surface area contributed by atoms with Crippen LogP contribution in [-0.4, -0.2) is 22.5 Å². The highest BCUT2D eigenvalue weighted by Crippen LogP contribution is 2.65. The van der Waals surface area contributed by atoms with Crippen LogP contribution < -0.4 is 11.7 Å². The molecule has 0 aliphatic heterocycles. The lowest BCUT2D eigenvalue weighted by atomic mass is 9.48. The number of allylic oxidation sites excluding steroid dienone is 4. The maximum absolute atomic E-state index is 12.0. The maximum atomic E-state index is 12.0. The van der Waals surface area contributed by atoms with Gasteiger partial charge in [0.15, 0.2) is 5.78 Å². The molecule has 6 atom stereocenters. The van der Waals surface area contributed by atoms with E-state index in [4.69, 9.17) is 11.7 Å². The van der Waals surface area contributed by atoms with E-state index < -0.39 is 0 Å². The Labute approximate surface area is 190 Å². The molecular weight excluding hydrogens is 495 g/mol. The van der Waals surface area contributed by atoms with Crippen molar-refractivity contribution >= 4 is 41.1 Å². The van der Waals surface area contributed by atoms with Gasteiger partial charge in [0, 0.05) is 34.2 Å². The molecule has 2 saturated carbocycles. The fourth-order valence-electron chi connectivity index (χ4n) is 7.11. The second-order valence-electron chi connectivity index (χ2n) is 9.92. The molecule has 4 aliphatic carbocycles. The molecule has 0 saturated heterocycles. The highest BCUT2D eigenvalue weighted by atomic mass is 127. The van der Waals surface area contributed by atoms with E-state index in [1.165, 1.54) is 40.2 Å². The average molecular weight is 529 g/mol.